The van der Waals surface area contributed by atoms with Crippen molar-refractivity contribution in [3.63, 3.8) is 0 Å². The van der Waals surface area contributed by atoms with Gasteiger partial charge in [0.25, 0.3) is 0 Å². The fraction of sp³-hybridized carbons (Fsp3) is 0.917. The first kappa shape index (κ1) is 18.3. The molecule has 0 rings (SSSR count). The average molecular weight is 279 g/mol. The van der Waals surface area contributed by atoms with Gasteiger partial charge >= 0.3 is 5.97 Å². The molecular formula is C12H25NO6. The van der Waals surface area contributed by atoms with Crippen molar-refractivity contribution in [3.8, 4) is 0 Å². The van der Waals surface area contributed by atoms with Crippen LogP contribution in [0.3, 0.4) is 0 Å². The molecule has 0 bridgehead atoms. The SMILES string of the molecule is CC(C)[C@@H](O)[C@H](O)[C@@H](O)[C@@H](O)COC(=O)CN(C)C. The molecule has 0 amide bonds. The molecule has 0 saturated carbocycles. The van der Waals surface area contributed by atoms with E-state index in [1.807, 2.05) is 0 Å². The van der Waals surface area contributed by atoms with Crippen LogP contribution < -0.4 is 0 Å². The molecule has 0 aromatic carbocycles. The highest BCUT2D eigenvalue weighted by molar-refractivity contribution is 5.71. The van der Waals surface area contributed by atoms with E-state index >= 15 is 0 Å². The molecule has 0 aliphatic heterocycles. The summed E-state index contributed by atoms with van der Waals surface area (Å²) in [5.41, 5.74) is 0. The van der Waals surface area contributed by atoms with Crippen LogP contribution in [0.2, 0.25) is 0 Å². The van der Waals surface area contributed by atoms with Gasteiger partial charge in [-0.05, 0) is 20.0 Å². The van der Waals surface area contributed by atoms with Crippen LogP contribution >= 0.6 is 0 Å². The van der Waals surface area contributed by atoms with Crippen LogP contribution in [0, 0.1) is 5.92 Å². The van der Waals surface area contributed by atoms with E-state index < -0.39 is 37.0 Å². The lowest BCUT2D eigenvalue weighted by Gasteiger charge is -2.28. The van der Waals surface area contributed by atoms with Crippen LogP contribution in [-0.4, -0.2) is 83.0 Å². The van der Waals surface area contributed by atoms with Gasteiger partial charge in [0.2, 0.25) is 0 Å². The third-order valence-corrected chi connectivity index (χ3v) is 2.64. The Balaban J connectivity index is 4.19. The van der Waals surface area contributed by atoms with Crippen LogP contribution in [0.25, 0.3) is 0 Å². The van der Waals surface area contributed by atoms with Crippen LogP contribution in [0.4, 0.5) is 0 Å². The van der Waals surface area contributed by atoms with Gasteiger partial charge in [0, 0.05) is 0 Å². The minimum absolute atomic E-state index is 0.0555. The Morgan fingerprint density at radius 1 is 1.05 bits per heavy atom. The first-order chi connectivity index (χ1) is 8.66. The van der Waals surface area contributed by atoms with Gasteiger partial charge in [-0.25, -0.2) is 0 Å². The molecule has 0 aromatic rings. The lowest BCUT2D eigenvalue weighted by Crippen LogP contribution is -2.48. The van der Waals surface area contributed by atoms with E-state index in [0.29, 0.717) is 0 Å². The van der Waals surface area contributed by atoms with Crippen molar-refractivity contribution in [1.82, 2.24) is 4.90 Å². The van der Waals surface area contributed by atoms with Gasteiger partial charge in [0.1, 0.15) is 24.9 Å². The molecular weight excluding hydrogens is 254 g/mol. The molecule has 0 aliphatic carbocycles. The van der Waals surface area contributed by atoms with Gasteiger partial charge < -0.3 is 25.2 Å². The van der Waals surface area contributed by atoms with Crippen molar-refractivity contribution in [2.24, 2.45) is 5.92 Å². The molecule has 0 aromatic heterocycles. The first-order valence-electron chi connectivity index (χ1n) is 6.19. The Labute approximate surface area is 113 Å². The smallest absolute Gasteiger partial charge is 0.320 e. The summed E-state index contributed by atoms with van der Waals surface area (Å²) in [6.07, 6.45) is -5.69. The highest BCUT2D eigenvalue weighted by atomic mass is 16.5. The van der Waals surface area contributed by atoms with Crippen LogP contribution in [0.1, 0.15) is 13.8 Å². The number of likely N-dealkylation sites (N-methyl/N-ethyl adjacent to an activating group) is 1. The third-order valence-electron chi connectivity index (χ3n) is 2.64. The Hall–Kier alpha value is -0.730. The van der Waals surface area contributed by atoms with E-state index in [0.717, 1.165) is 0 Å². The molecule has 0 spiro atoms. The van der Waals surface area contributed by atoms with Gasteiger partial charge in [-0.3, -0.25) is 9.69 Å². The molecule has 114 valence electrons. The topological polar surface area (TPSA) is 110 Å². The largest absolute Gasteiger partial charge is 0.462 e. The Kier molecular flexibility index (Phi) is 8.12. The zero-order valence-electron chi connectivity index (χ0n) is 11.9. The van der Waals surface area contributed by atoms with Crippen molar-refractivity contribution < 1.29 is 30.0 Å². The van der Waals surface area contributed by atoms with Gasteiger partial charge in [-0.15, -0.1) is 0 Å². The maximum absolute atomic E-state index is 11.2. The van der Waals surface area contributed by atoms with Crippen molar-refractivity contribution in [1.29, 1.82) is 0 Å². The van der Waals surface area contributed by atoms with Crippen molar-refractivity contribution in [2.45, 2.75) is 38.3 Å². The molecule has 0 unspecified atom stereocenters. The number of nitrogens with zero attached hydrogens (tertiary/aromatic N) is 1. The third kappa shape index (κ3) is 6.84. The van der Waals surface area contributed by atoms with E-state index in [9.17, 15) is 25.2 Å². The van der Waals surface area contributed by atoms with E-state index in [1.54, 1.807) is 32.8 Å². The predicted octanol–water partition coefficient (Wildman–Crippen LogP) is -1.81. The summed E-state index contributed by atoms with van der Waals surface area (Å²) < 4.78 is 4.74. The summed E-state index contributed by atoms with van der Waals surface area (Å²) >= 11 is 0. The molecule has 7 nitrogen and oxygen atoms in total. The van der Waals surface area contributed by atoms with Crippen molar-refractivity contribution in [2.75, 3.05) is 27.2 Å². The highest BCUT2D eigenvalue weighted by Gasteiger charge is 2.32. The number of hydrogen-bond acceptors (Lipinski definition) is 7. The number of ether oxygens (including phenoxy) is 1. The average Bonchev–Trinajstić information content (AvgIpc) is 2.32. The van der Waals surface area contributed by atoms with Crippen LogP contribution in [0.15, 0.2) is 0 Å². The number of carbonyl (C=O) groups is 1. The second-order valence-electron chi connectivity index (χ2n) is 5.20. The number of hydrogen-bond donors (Lipinski definition) is 4. The molecule has 0 aliphatic rings. The Morgan fingerprint density at radius 2 is 1.58 bits per heavy atom. The first-order valence-corrected chi connectivity index (χ1v) is 6.19. The maximum atomic E-state index is 11.2. The lowest BCUT2D eigenvalue weighted by molar-refractivity contribution is -0.156. The van der Waals surface area contributed by atoms with E-state index in [-0.39, 0.29) is 12.5 Å². The minimum atomic E-state index is -1.58. The second-order valence-corrected chi connectivity index (χ2v) is 5.20. The van der Waals surface area contributed by atoms with Gasteiger partial charge in [-0.1, -0.05) is 13.8 Å². The van der Waals surface area contributed by atoms with Crippen LogP contribution in [-0.2, 0) is 9.53 Å². The molecule has 0 radical (unpaired) electrons. The molecule has 19 heavy (non-hydrogen) atoms. The standard InChI is InChI=1S/C12H25NO6/c1-7(2)10(16)12(18)11(17)8(14)6-19-9(15)5-13(3)4/h7-8,10-12,14,16-18H,5-6H2,1-4H3/t8-,10+,11-,12-/m0/s1. The number of rotatable bonds is 8. The second kappa shape index (κ2) is 8.44. The molecule has 7 heteroatoms. The summed E-state index contributed by atoms with van der Waals surface area (Å²) in [7, 11) is 3.38. The summed E-state index contributed by atoms with van der Waals surface area (Å²) in [6, 6.07) is 0. The van der Waals surface area contributed by atoms with Crippen molar-refractivity contribution >= 4 is 5.97 Å². The maximum Gasteiger partial charge on any atom is 0.320 e. The Bertz CT molecular complexity index is 271. The minimum Gasteiger partial charge on any atom is -0.462 e. The number of aliphatic hydroxyl groups excluding tert-OH is 4. The molecule has 0 fully saturated rings. The van der Waals surface area contributed by atoms with E-state index in [1.165, 1.54) is 0 Å². The van der Waals surface area contributed by atoms with E-state index in [4.69, 9.17) is 4.74 Å². The molecule has 4 N–H and O–H groups in total. The number of aliphatic hydroxyl groups is 4. The Morgan fingerprint density at radius 3 is 2.00 bits per heavy atom. The lowest BCUT2D eigenvalue weighted by atomic mass is 9.95. The summed E-state index contributed by atoms with van der Waals surface area (Å²) in [6.45, 7) is 2.96. The van der Waals surface area contributed by atoms with Gasteiger partial charge in [-0.2, -0.15) is 0 Å². The normalized spacial score (nSPS) is 18.2. The van der Waals surface area contributed by atoms with Crippen molar-refractivity contribution in [3.05, 3.63) is 0 Å². The van der Waals surface area contributed by atoms with Crippen LogP contribution in [0.5, 0.6) is 0 Å². The monoisotopic (exact) mass is 279 g/mol. The fourth-order valence-corrected chi connectivity index (χ4v) is 1.40. The molecule has 4 atom stereocenters. The van der Waals surface area contributed by atoms with Gasteiger partial charge in [0.15, 0.2) is 0 Å². The molecule has 0 saturated heterocycles. The van der Waals surface area contributed by atoms with E-state index in [2.05, 4.69) is 0 Å². The molecule has 0 heterocycles. The summed E-state index contributed by atoms with van der Waals surface area (Å²) in [5.74, 6) is -0.816. The summed E-state index contributed by atoms with van der Waals surface area (Å²) in [4.78, 5) is 12.8. The number of esters is 1. The summed E-state index contributed by atoms with van der Waals surface area (Å²) in [5, 5.41) is 38.4. The zero-order valence-corrected chi connectivity index (χ0v) is 11.9. The quantitative estimate of drug-likeness (QED) is 0.388. The fourth-order valence-electron chi connectivity index (χ4n) is 1.40. The van der Waals surface area contributed by atoms with Gasteiger partial charge in [0.05, 0.1) is 12.6 Å². The zero-order chi connectivity index (χ0) is 15.2. The highest BCUT2D eigenvalue weighted by Crippen LogP contribution is 2.12. The number of carbonyl (C=O) groups excluding carboxylic acids is 1. The predicted molar refractivity (Wildman–Crippen MR) is 68.4 cm³/mol.